The number of benzene rings is 2. The predicted molar refractivity (Wildman–Crippen MR) is 223 cm³/mol. The van der Waals surface area contributed by atoms with E-state index in [1.165, 1.54) is 4.90 Å². The molecule has 2 heterocycles. The summed E-state index contributed by atoms with van der Waals surface area (Å²) >= 11 is 0. The fraction of sp³-hybridized carbons (Fsp3) is 0.488. The van der Waals surface area contributed by atoms with Crippen molar-refractivity contribution in [1.29, 1.82) is 0 Å². The molecule has 0 spiro atoms. The zero-order valence-electron chi connectivity index (χ0n) is 33.6. The van der Waals surface area contributed by atoms with E-state index in [4.69, 9.17) is 21.7 Å². The largest absolute Gasteiger partial charge is 0.394 e. The molecular formula is C41H58N8O12. The molecule has 4 aromatic rings. The molecule has 0 saturated heterocycles. The zero-order chi connectivity index (χ0) is 44.6. The van der Waals surface area contributed by atoms with Crippen molar-refractivity contribution in [1.82, 2.24) is 25.2 Å². The number of primary amides is 1. The summed E-state index contributed by atoms with van der Waals surface area (Å²) in [4.78, 5) is 41.9. The molecule has 0 bridgehead atoms. The molecular weight excluding hydrogens is 796 g/mol. The molecule has 20 nitrogen and oxygen atoms in total. The average Bonchev–Trinajstić information content (AvgIpc) is 3.74. The number of nitrogens with two attached hydrogens (primary N) is 2. The van der Waals surface area contributed by atoms with E-state index < -0.39 is 81.0 Å². The Morgan fingerprint density at radius 2 is 1.21 bits per heavy atom. The topological polar surface area (TPSA) is 358 Å². The van der Waals surface area contributed by atoms with Crippen LogP contribution >= 0.6 is 0 Å². The molecule has 0 aliphatic rings. The third kappa shape index (κ3) is 14.3. The number of aliphatic hydroxyl groups is 10. The lowest BCUT2D eigenvalue weighted by molar-refractivity contribution is -0.130. The lowest BCUT2D eigenvalue weighted by Crippen LogP contribution is -2.54. The molecule has 0 radical (unpaired) electrons. The second-order valence-corrected chi connectivity index (χ2v) is 14.8. The van der Waals surface area contributed by atoms with Crippen LogP contribution in [-0.2, 0) is 17.6 Å². The van der Waals surface area contributed by atoms with E-state index in [0.717, 1.165) is 41.5 Å². The molecule has 2 amide bonds. The summed E-state index contributed by atoms with van der Waals surface area (Å²) in [5.74, 6) is -0.946. The number of fused-ring (bicyclic) bond motifs is 1. The van der Waals surface area contributed by atoms with Gasteiger partial charge >= 0.3 is 0 Å². The van der Waals surface area contributed by atoms with Crippen molar-refractivity contribution in [2.45, 2.75) is 80.9 Å². The number of nitrogens with one attached hydrogen (secondary N) is 2. The van der Waals surface area contributed by atoms with Crippen molar-refractivity contribution in [3.63, 3.8) is 0 Å². The maximum absolute atomic E-state index is 12.7. The molecule has 8 atom stereocenters. The minimum atomic E-state index is -1.92. The van der Waals surface area contributed by atoms with Crippen LogP contribution < -0.4 is 16.8 Å². The highest BCUT2D eigenvalue weighted by atomic mass is 16.4. The van der Waals surface area contributed by atoms with Gasteiger partial charge in [-0.1, -0.05) is 48.5 Å². The molecule has 2 aromatic heterocycles. The van der Waals surface area contributed by atoms with E-state index in [-0.39, 0.29) is 42.6 Å². The number of aryl methyl sites for hydroxylation is 2. The summed E-state index contributed by atoms with van der Waals surface area (Å²) in [6.45, 7) is -2.27. The molecule has 20 heteroatoms. The number of amides is 2. The maximum atomic E-state index is 12.7. The Morgan fingerprint density at radius 3 is 1.74 bits per heavy atom. The van der Waals surface area contributed by atoms with Gasteiger partial charge in [0, 0.05) is 45.3 Å². The van der Waals surface area contributed by atoms with Crippen molar-refractivity contribution in [2.75, 3.05) is 45.9 Å². The average molecular weight is 855 g/mol. The molecule has 0 aliphatic carbocycles. The first-order chi connectivity index (χ1) is 29.1. The number of aromatic nitrogens is 3. The molecule has 2 aromatic carbocycles. The number of hydrogen-bond acceptors (Lipinski definition) is 16. The molecule has 0 unspecified atom stereocenters. The third-order valence-corrected chi connectivity index (χ3v) is 10.2. The summed E-state index contributed by atoms with van der Waals surface area (Å²) in [5, 5.41) is 102. The number of aliphatic imine (C=N–C) groups is 1. The molecule has 0 aliphatic heterocycles. The number of H-pyrrole nitrogens is 1. The van der Waals surface area contributed by atoms with Gasteiger partial charge in [-0.25, -0.2) is 9.97 Å². The van der Waals surface area contributed by atoms with Crippen LogP contribution in [0.4, 0.5) is 0 Å². The Hall–Kier alpha value is -4.97. The highest BCUT2D eigenvalue weighted by molar-refractivity contribution is 6.07. The first-order valence-corrected chi connectivity index (χ1v) is 19.9. The standard InChI is InChI=1S/C41H58N8O12/c42-39(33-34(40(43)61)47-27-14-16-46-41(27)48-33)45-15-2-1-3-23-4-9-25(10-5-23)26-11-6-24(7-12-26)8-13-32(56)44-17-18-49(19-28(52)35(57)37(59)30(54)21-50)20-29(53)36(58)38(60)31(55)22-51/h4-7,9-12,14,16,28-31,35-38,50-55,57-60H,1-3,8,13,15,17-22H2,(H2,42,45)(H2,43,61)(H,44,56)(H,46,48)/t28-,29-,30+,31+,35+,36+,37+,38+/m0/s1. The number of unbranched alkanes of at least 4 members (excludes halogenated alkanes) is 1. The van der Waals surface area contributed by atoms with Crippen molar-refractivity contribution >= 4 is 28.8 Å². The highest BCUT2D eigenvalue weighted by Gasteiger charge is 2.34. The summed E-state index contributed by atoms with van der Waals surface area (Å²) < 4.78 is 0. The van der Waals surface area contributed by atoms with Crippen LogP contribution in [0.5, 0.6) is 0 Å². The number of carbonyl (C=O) groups is 2. The molecule has 16 N–H and O–H groups in total. The highest BCUT2D eigenvalue weighted by Crippen LogP contribution is 2.22. The Bertz CT molecular complexity index is 1970. The normalized spacial score (nSPS) is 16.1. The second kappa shape index (κ2) is 23.9. The molecule has 0 fully saturated rings. The number of hydrogen-bond donors (Lipinski definition) is 14. The second-order valence-electron chi connectivity index (χ2n) is 14.8. The number of nitrogens with zero attached hydrogens (tertiary/aromatic N) is 4. The van der Waals surface area contributed by atoms with Gasteiger partial charge in [0.1, 0.15) is 53.7 Å². The first-order valence-electron chi connectivity index (χ1n) is 19.9. The van der Waals surface area contributed by atoms with E-state index in [9.17, 15) is 50.4 Å². The first kappa shape index (κ1) is 48.7. The predicted octanol–water partition coefficient (Wildman–Crippen LogP) is -3.33. The summed E-state index contributed by atoms with van der Waals surface area (Å²) in [6, 6.07) is 17.7. The number of carbonyl (C=O) groups excluding carboxylic acids is 2. The van der Waals surface area contributed by atoms with Crippen molar-refractivity contribution < 1.29 is 60.7 Å². The maximum Gasteiger partial charge on any atom is 0.269 e. The minimum absolute atomic E-state index is 0.00760. The van der Waals surface area contributed by atoms with Crippen LogP contribution in [-0.4, -0.2) is 183 Å². The van der Waals surface area contributed by atoms with Crippen LogP contribution in [0.2, 0.25) is 0 Å². The van der Waals surface area contributed by atoms with Crippen molar-refractivity contribution in [2.24, 2.45) is 16.5 Å². The van der Waals surface area contributed by atoms with Gasteiger partial charge in [0.05, 0.1) is 25.4 Å². The summed E-state index contributed by atoms with van der Waals surface area (Å²) in [7, 11) is 0. The van der Waals surface area contributed by atoms with Gasteiger partial charge in [-0.15, -0.1) is 0 Å². The van der Waals surface area contributed by atoms with E-state index in [2.05, 4.69) is 37.4 Å². The van der Waals surface area contributed by atoms with Crippen LogP contribution in [0.3, 0.4) is 0 Å². The number of amidine groups is 1. The fourth-order valence-electron chi connectivity index (χ4n) is 6.49. The fourth-order valence-corrected chi connectivity index (χ4v) is 6.49. The quantitative estimate of drug-likeness (QED) is 0.0167. The van der Waals surface area contributed by atoms with Gasteiger partial charge in [0.25, 0.3) is 5.91 Å². The van der Waals surface area contributed by atoms with Gasteiger partial charge in [0.15, 0.2) is 11.3 Å². The molecule has 0 saturated carbocycles. The molecule has 61 heavy (non-hydrogen) atoms. The van der Waals surface area contributed by atoms with E-state index >= 15 is 0 Å². The SMILES string of the molecule is NC(=O)c1nc2cc[nH]c2nc1C(N)=NCCCCc1ccc(-c2ccc(CCC(=O)NCCN(C[C@H](O)[C@@H](O)[C@H](O)[C@H](O)CO)C[C@H](O)[C@@H](O)[C@H](O)[C@H](O)CO)cc2)cc1. The monoisotopic (exact) mass is 854 g/mol. The Labute approximate surface area is 351 Å². The Balaban J connectivity index is 1.22. The minimum Gasteiger partial charge on any atom is -0.394 e. The van der Waals surface area contributed by atoms with Gasteiger partial charge in [-0.05, 0) is 54.0 Å². The van der Waals surface area contributed by atoms with Crippen LogP contribution in [0.25, 0.3) is 22.3 Å². The van der Waals surface area contributed by atoms with Crippen LogP contribution in [0.15, 0.2) is 65.8 Å². The smallest absolute Gasteiger partial charge is 0.269 e. The van der Waals surface area contributed by atoms with Crippen LogP contribution in [0, 0.1) is 0 Å². The zero-order valence-corrected chi connectivity index (χ0v) is 33.6. The Morgan fingerprint density at radius 1 is 0.689 bits per heavy atom. The summed E-state index contributed by atoms with van der Waals surface area (Å²) in [6.07, 6.45) is -9.94. The third-order valence-electron chi connectivity index (χ3n) is 10.2. The lowest BCUT2D eigenvalue weighted by atomic mass is 9.99. The van der Waals surface area contributed by atoms with Crippen molar-refractivity contribution in [3.8, 4) is 11.1 Å². The van der Waals surface area contributed by atoms with E-state index in [0.29, 0.717) is 24.1 Å². The van der Waals surface area contributed by atoms with Gasteiger partial charge < -0.3 is 72.8 Å². The molecule has 4 rings (SSSR count). The van der Waals surface area contributed by atoms with E-state index in [1.807, 2.05) is 36.4 Å². The van der Waals surface area contributed by atoms with Gasteiger partial charge in [-0.3, -0.25) is 19.5 Å². The number of rotatable bonds is 26. The Kier molecular flexibility index (Phi) is 19.1. The molecule has 334 valence electrons. The number of aromatic amines is 1. The summed E-state index contributed by atoms with van der Waals surface area (Å²) in [5.41, 5.74) is 16.8. The van der Waals surface area contributed by atoms with Gasteiger partial charge in [0.2, 0.25) is 5.91 Å². The van der Waals surface area contributed by atoms with E-state index in [1.54, 1.807) is 12.3 Å². The van der Waals surface area contributed by atoms with Gasteiger partial charge in [-0.2, -0.15) is 0 Å². The van der Waals surface area contributed by atoms with Crippen LogP contribution in [0.1, 0.15) is 46.6 Å². The number of aliphatic hydroxyl groups excluding tert-OH is 10. The van der Waals surface area contributed by atoms with Crippen molar-refractivity contribution in [3.05, 3.63) is 83.3 Å². The lowest BCUT2D eigenvalue weighted by Gasteiger charge is -2.33.